The number of carbonyl (C=O) groups excluding carboxylic acids is 1. The van der Waals surface area contributed by atoms with Gasteiger partial charge in [-0.2, -0.15) is 5.26 Å². The van der Waals surface area contributed by atoms with Crippen molar-refractivity contribution in [1.29, 1.82) is 5.26 Å². The van der Waals surface area contributed by atoms with Crippen LogP contribution in [0.2, 0.25) is 0 Å². The molecule has 1 aliphatic heterocycles. The molecule has 0 bridgehead atoms. The predicted octanol–water partition coefficient (Wildman–Crippen LogP) is 0.952. The number of carbonyl (C=O) groups is 1. The standard InChI is InChI=1S/C15H15N7O/c1-10-7-20(13(23)2-4-16)9-22(10)21-8-19-12-6-18-15-11(14(12)21)3-5-17-15/h3,5-6,8,10H,2,7,9H2,1H3,(H,17,18). The maximum Gasteiger partial charge on any atom is 0.238 e. The number of aromatic nitrogens is 4. The average molecular weight is 309 g/mol. The smallest absolute Gasteiger partial charge is 0.238 e. The van der Waals surface area contributed by atoms with Gasteiger partial charge >= 0.3 is 0 Å². The van der Waals surface area contributed by atoms with Crippen LogP contribution in [0.5, 0.6) is 0 Å². The first-order valence-corrected chi connectivity index (χ1v) is 7.40. The first-order valence-electron chi connectivity index (χ1n) is 7.40. The fourth-order valence-electron chi connectivity index (χ4n) is 3.11. The van der Waals surface area contributed by atoms with Crippen LogP contribution in [0.4, 0.5) is 0 Å². The molecule has 3 aromatic heterocycles. The Kier molecular flexibility index (Phi) is 2.94. The van der Waals surface area contributed by atoms with Gasteiger partial charge in [-0.15, -0.1) is 0 Å². The molecule has 1 atom stereocenters. The lowest BCUT2D eigenvalue weighted by atomic mass is 10.3. The van der Waals surface area contributed by atoms with Crippen molar-refractivity contribution in [2.24, 2.45) is 0 Å². The van der Waals surface area contributed by atoms with Crippen LogP contribution >= 0.6 is 0 Å². The molecular formula is C15H15N7O. The molecular weight excluding hydrogens is 294 g/mol. The number of rotatable bonds is 2. The molecule has 4 rings (SSSR count). The minimum atomic E-state index is -0.139. The normalized spacial score (nSPS) is 18.0. The maximum atomic E-state index is 12.0. The summed E-state index contributed by atoms with van der Waals surface area (Å²) in [6, 6.07) is 4.03. The van der Waals surface area contributed by atoms with Crippen molar-refractivity contribution in [1.82, 2.24) is 24.5 Å². The first-order chi connectivity index (χ1) is 11.2. The van der Waals surface area contributed by atoms with Gasteiger partial charge in [-0.1, -0.05) is 0 Å². The summed E-state index contributed by atoms with van der Waals surface area (Å²) in [4.78, 5) is 25.6. The number of amides is 1. The molecule has 1 aliphatic rings. The molecule has 8 heteroatoms. The predicted molar refractivity (Wildman–Crippen MR) is 83.9 cm³/mol. The van der Waals surface area contributed by atoms with Crippen LogP contribution in [0.3, 0.4) is 0 Å². The Hall–Kier alpha value is -3.08. The Bertz CT molecular complexity index is 934. The SMILES string of the molecule is CC1CN(C(=O)CC#N)CN1n1cnc2cnc3[nH]ccc3c21. The molecule has 0 radical (unpaired) electrons. The van der Waals surface area contributed by atoms with Crippen LogP contribution in [0, 0.1) is 11.3 Å². The Labute approximate surface area is 131 Å². The van der Waals surface area contributed by atoms with Crippen LogP contribution in [0.1, 0.15) is 13.3 Å². The van der Waals surface area contributed by atoms with Crippen molar-refractivity contribution in [3.63, 3.8) is 0 Å². The van der Waals surface area contributed by atoms with E-state index in [1.165, 1.54) is 0 Å². The van der Waals surface area contributed by atoms with Gasteiger partial charge in [0.15, 0.2) is 0 Å². The summed E-state index contributed by atoms with van der Waals surface area (Å²) in [6.45, 7) is 3.10. The van der Waals surface area contributed by atoms with E-state index in [-0.39, 0.29) is 18.4 Å². The van der Waals surface area contributed by atoms with Crippen molar-refractivity contribution < 1.29 is 4.79 Å². The number of imidazole rings is 1. The quantitative estimate of drug-likeness (QED) is 0.760. The maximum absolute atomic E-state index is 12.0. The van der Waals surface area contributed by atoms with Crippen LogP contribution in [0.25, 0.3) is 22.1 Å². The third kappa shape index (κ3) is 2.01. The second kappa shape index (κ2) is 4.98. The molecule has 0 spiro atoms. The largest absolute Gasteiger partial charge is 0.346 e. The number of H-pyrrole nitrogens is 1. The topological polar surface area (TPSA) is 93.8 Å². The minimum Gasteiger partial charge on any atom is -0.346 e. The van der Waals surface area contributed by atoms with Gasteiger partial charge in [0.1, 0.15) is 36.1 Å². The monoisotopic (exact) mass is 309 g/mol. The highest BCUT2D eigenvalue weighted by atomic mass is 16.2. The van der Waals surface area contributed by atoms with Gasteiger partial charge in [-0.25, -0.2) is 14.6 Å². The van der Waals surface area contributed by atoms with Gasteiger partial charge in [0, 0.05) is 18.1 Å². The zero-order valence-electron chi connectivity index (χ0n) is 12.6. The summed E-state index contributed by atoms with van der Waals surface area (Å²) in [6.07, 6.45) is 5.26. The summed E-state index contributed by atoms with van der Waals surface area (Å²) < 4.78 is 1.98. The zero-order valence-corrected chi connectivity index (χ0v) is 12.6. The van der Waals surface area contributed by atoms with Crippen molar-refractivity contribution in [2.45, 2.75) is 19.4 Å². The van der Waals surface area contributed by atoms with Gasteiger partial charge in [0.05, 0.1) is 18.3 Å². The van der Waals surface area contributed by atoms with Gasteiger partial charge in [0.25, 0.3) is 0 Å². The highest BCUT2D eigenvalue weighted by Crippen LogP contribution is 2.24. The summed E-state index contributed by atoms with van der Waals surface area (Å²) in [5, 5.41) is 11.8. The average Bonchev–Trinajstić information content (AvgIpc) is 3.22. The van der Waals surface area contributed by atoms with Crippen molar-refractivity contribution in [3.05, 3.63) is 24.8 Å². The molecule has 8 nitrogen and oxygen atoms in total. The van der Waals surface area contributed by atoms with E-state index < -0.39 is 0 Å². The lowest BCUT2D eigenvalue weighted by molar-refractivity contribution is -0.129. The second-order valence-electron chi connectivity index (χ2n) is 5.70. The number of nitrogens with zero attached hydrogens (tertiary/aromatic N) is 6. The third-order valence-corrected chi connectivity index (χ3v) is 4.24. The second-order valence-corrected chi connectivity index (χ2v) is 5.70. The van der Waals surface area contributed by atoms with Gasteiger partial charge in [-0.05, 0) is 13.0 Å². The Balaban J connectivity index is 1.76. The number of fused-ring (bicyclic) bond motifs is 3. The molecule has 1 amide bonds. The molecule has 0 aromatic carbocycles. The molecule has 3 aromatic rings. The fraction of sp³-hybridized carbons (Fsp3) is 0.333. The third-order valence-electron chi connectivity index (χ3n) is 4.24. The summed E-state index contributed by atoms with van der Waals surface area (Å²) in [7, 11) is 0. The van der Waals surface area contributed by atoms with Crippen molar-refractivity contribution in [3.8, 4) is 6.07 Å². The molecule has 23 heavy (non-hydrogen) atoms. The molecule has 1 fully saturated rings. The van der Waals surface area contributed by atoms with E-state index in [0.29, 0.717) is 13.2 Å². The minimum absolute atomic E-state index is 0.0861. The van der Waals surface area contributed by atoms with Gasteiger partial charge in [0.2, 0.25) is 5.91 Å². The highest BCUT2D eigenvalue weighted by molar-refractivity contribution is 6.01. The summed E-state index contributed by atoms with van der Waals surface area (Å²) in [5.74, 6) is -0.139. The molecule has 1 N–H and O–H groups in total. The number of nitrogens with one attached hydrogen (secondary N) is 1. The lowest BCUT2D eigenvalue weighted by Crippen LogP contribution is -2.39. The Morgan fingerprint density at radius 3 is 3.22 bits per heavy atom. The van der Waals surface area contributed by atoms with Crippen LogP contribution < -0.4 is 5.01 Å². The Morgan fingerprint density at radius 1 is 1.52 bits per heavy atom. The Morgan fingerprint density at radius 2 is 2.39 bits per heavy atom. The number of pyridine rings is 1. The number of hydrogen-bond donors (Lipinski definition) is 1. The van der Waals surface area contributed by atoms with Gasteiger partial charge in [-0.3, -0.25) is 9.80 Å². The number of nitriles is 1. The van der Waals surface area contributed by atoms with Crippen LogP contribution in [-0.2, 0) is 4.79 Å². The van der Waals surface area contributed by atoms with E-state index in [2.05, 4.69) is 26.9 Å². The molecule has 1 unspecified atom stereocenters. The van der Waals surface area contributed by atoms with Gasteiger partial charge < -0.3 is 9.88 Å². The molecule has 0 saturated carbocycles. The van der Waals surface area contributed by atoms with E-state index in [0.717, 1.165) is 22.1 Å². The van der Waals surface area contributed by atoms with Crippen LogP contribution in [-0.4, -0.2) is 49.7 Å². The van der Waals surface area contributed by atoms with Crippen LogP contribution in [0.15, 0.2) is 24.8 Å². The van der Waals surface area contributed by atoms with E-state index in [9.17, 15) is 4.79 Å². The molecule has 0 aliphatic carbocycles. The van der Waals surface area contributed by atoms with E-state index in [1.807, 2.05) is 23.0 Å². The number of hydrogen-bond acceptors (Lipinski definition) is 5. The van der Waals surface area contributed by atoms with E-state index in [4.69, 9.17) is 5.26 Å². The van der Waals surface area contributed by atoms with E-state index >= 15 is 0 Å². The van der Waals surface area contributed by atoms with Crippen molar-refractivity contribution >= 4 is 28.0 Å². The molecule has 4 heterocycles. The molecule has 116 valence electrons. The summed E-state index contributed by atoms with van der Waals surface area (Å²) >= 11 is 0. The summed E-state index contributed by atoms with van der Waals surface area (Å²) in [5.41, 5.74) is 2.59. The fourth-order valence-corrected chi connectivity index (χ4v) is 3.11. The highest BCUT2D eigenvalue weighted by Gasteiger charge is 2.31. The number of aromatic amines is 1. The van der Waals surface area contributed by atoms with Crippen molar-refractivity contribution in [2.75, 3.05) is 18.2 Å². The zero-order chi connectivity index (χ0) is 16.0. The molecule has 1 saturated heterocycles. The first kappa shape index (κ1) is 13.6. The lowest BCUT2D eigenvalue weighted by Gasteiger charge is -2.24. The van der Waals surface area contributed by atoms with E-state index in [1.54, 1.807) is 17.4 Å².